The summed E-state index contributed by atoms with van der Waals surface area (Å²) in [5, 5.41) is 15.8. The van der Waals surface area contributed by atoms with Gasteiger partial charge in [-0.3, -0.25) is 4.99 Å². The van der Waals surface area contributed by atoms with Crippen LogP contribution in [0.3, 0.4) is 0 Å². The third-order valence-corrected chi connectivity index (χ3v) is 4.44. The zero-order valence-electron chi connectivity index (χ0n) is 15.2. The van der Waals surface area contributed by atoms with Gasteiger partial charge in [-0.1, -0.05) is 45.3 Å². The lowest BCUT2D eigenvalue weighted by molar-refractivity contribution is -0.758. The Morgan fingerprint density at radius 2 is 1.78 bits per heavy atom. The maximum Gasteiger partial charge on any atom is 0.406 e. The number of rotatable bonds is 5. The summed E-state index contributed by atoms with van der Waals surface area (Å²) >= 11 is 0. The molecule has 2 aromatic carbocycles. The minimum Gasteiger partial charge on any atom is -0.855 e. The predicted octanol–water partition coefficient (Wildman–Crippen LogP) is 0.907. The highest BCUT2D eigenvalue weighted by Gasteiger charge is 2.31. The highest BCUT2D eigenvalue weighted by molar-refractivity contribution is 5.88. The van der Waals surface area contributed by atoms with Gasteiger partial charge in [-0.25, -0.2) is 4.79 Å². The topological polar surface area (TPSA) is 89.6 Å². The van der Waals surface area contributed by atoms with Gasteiger partial charge in [0, 0.05) is 5.90 Å². The maximum atomic E-state index is 13.0. The third kappa shape index (κ3) is 3.68. The van der Waals surface area contributed by atoms with Crippen molar-refractivity contribution >= 4 is 11.6 Å². The molecule has 1 N–H and O–H groups in total. The van der Waals surface area contributed by atoms with E-state index < -0.39 is 11.5 Å². The SMILES string of the molecule is Cc1ccc(N=C([O-])c2c(=O)n(-c3ccc(C)cc3)[nH][n+]2CC2CO2)cc1. The number of nitrogens with one attached hydrogen (secondary N) is 1. The molecule has 0 amide bonds. The first-order chi connectivity index (χ1) is 13.0. The number of aliphatic imine (C=N–C) groups is 1. The molecule has 7 nitrogen and oxygen atoms in total. The molecule has 1 fully saturated rings. The Labute approximate surface area is 156 Å². The first-order valence-corrected chi connectivity index (χ1v) is 8.77. The van der Waals surface area contributed by atoms with E-state index in [1.165, 1.54) is 9.36 Å². The van der Waals surface area contributed by atoms with Crippen LogP contribution in [0.4, 0.5) is 5.69 Å². The molecule has 3 aromatic rings. The van der Waals surface area contributed by atoms with Crippen LogP contribution >= 0.6 is 0 Å². The van der Waals surface area contributed by atoms with Crippen molar-refractivity contribution in [1.29, 1.82) is 0 Å². The Morgan fingerprint density at radius 3 is 2.37 bits per heavy atom. The van der Waals surface area contributed by atoms with Crippen LogP contribution in [0.1, 0.15) is 16.8 Å². The fourth-order valence-corrected chi connectivity index (χ4v) is 2.81. The van der Waals surface area contributed by atoms with Gasteiger partial charge in [0.05, 0.1) is 12.3 Å². The Hall–Kier alpha value is -3.19. The van der Waals surface area contributed by atoms with E-state index in [0.717, 1.165) is 11.1 Å². The van der Waals surface area contributed by atoms with E-state index in [9.17, 15) is 9.90 Å². The van der Waals surface area contributed by atoms with Crippen LogP contribution in [0, 0.1) is 13.8 Å². The lowest BCUT2D eigenvalue weighted by atomic mass is 10.2. The van der Waals surface area contributed by atoms with Crippen LogP contribution < -0.4 is 15.3 Å². The standard InChI is InChI=1S/C20H20N4O3/c1-13-3-7-15(8-4-13)21-19(25)18-20(26)24(16-9-5-14(2)6-10-16)22-23(18)11-17-12-27-17/h3-10,17H,11-12H2,1-2H3,(H-,21,22,25,26). The van der Waals surface area contributed by atoms with Gasteiger partial charge in [-0.2, -0.15) is 4.68 Å². The lowest BCUT2D eigenvalue weighted by Gasteiger charge is -2.06. The largest absolute Gasteiger partial charge is 0.855 e. The fraction of sp³-hybridized carbons (Fsp3) is 0.250. The Morgan fingerprint density at radius 1 is 1.19 bits per heavy atom. The summed E-state index contributed by atoms with van der Waals surface area (Å²) in [5.41, 5.74) is 2.90. The lowest BCUT2D eigenvalue weighted by Crippen LogP contribution is -2.48. The van der Waals surface area contributed by atoms with Crippen molar-refractivity contribution in [2.45, 2.75) is 26.5 Å². The summed E-state index contributed by atoms with van der Waals surface area (Å²) in [6.07, 6.45) is 0.00504. The van der Waals surface area contributed by atoms with Crippen molar-refractivity contribution in [1.82, 2.24) is 9.90 Å². The highest BCUT2D eigenvalue weighted by atomic mass is 16.6. The number of ether oxygens (including phenoxy) is 1. The molecule has 2 heterocycles. The molecule has 1 saturated heterocycles. The van der Waals surface area contributed by atoms with E-state index in [0.29, 0.717) is 24.5 Å². The van der Waals surface area contributed by atoms with Crippen LogP contribution in [0.15, 0.2) is 58.3 Å². The van der Waals surface area contributed by atoms with E-state index in [1.807, 2.05) is 50.2 Å². The fourth-order valence-electron chi connectivity index (χ4n) is 2.81. The molecule has 1 unspecified atom stereocenters. The summed E-state index contributed by atoms with van der Waals surface area (Å²) in [4.78, 5) is 17.1. The molecule has 1 aliphatic rings. The first kappa shape index (κ1) is 17.2. The molecule has 0 radical (unpaired) electrons. The zero-order chi connectivity index (χ0) is 19.0. The van der Waals surface area contributed by atoms with Crippen molar-refractivity contribution in [3.63, 3.8) is 0 Å². The van der Waals surface area contributed by atoms with Gasteiger partial charge >= 0.3 is 5.56 Å². The number of aromatic nitrogens is 3. The van der Waals surface area contributed by atoms with Gasteiger partial charge in [0.1, 0.15) is 12.6 Å². The Kier molecular flexibility index (Phi) is 4.37. The molecule has 27 heavy (non-hydrogen) atoms. The smallest absolute Gasteiger partial charge is 0.406 e. The van der Waals surface area contributed by atoms with Gasteiger partial charge < -0.3 is 9.84 Å². The van der Waals surface area contributed by atoms with E-state index in [2.05, 4.69) is 10.2 Å². The van der Waals surface area contributed by atoms with E-state index in [-0.39, 0.29) is 11.8 Å². The van der Waals surface area contributed by atoms with Crippen molar-refractivity contribution in [3.8, 4) is 5.69 Å². The van der Waals surface area contributed by atoms with Crippen molar-refractivity contribution in [3.05, 3.63) is 75.7 Å². The molecule has 138 valence electrons. The number of hydrogen-bond acceptors (Lipinski definition) is 4. The second-order valence-corrected chi connectivity index (χ2v) is 6.74. The summed E-state index contributed by atoms with van der Waals surface area (Å²) in [6.45, 7) is 4.95. The number of epoxide rings is 1. The highest BCUT2D eigenvalue weighted by Crippen LogP contribution is 2.13. The molecule has 7 heteroatoms. The quantitative estimate of drug-likeness (QED) is 0.316. The van der Waals surface area contributed by atoms with Gasteiger partial charge in [0.25, 0.3) is 0 Å². The summed E-state index contributed by atoms with van der Waals surface area (Å²) < 4.78 is 8.14. The molecule has 0 aliphatic carbocycles. The Balaban J connectivity index is 1.78. The first-order valence-electron chi connectivity index (χ1n) is 8.77. The molecular formula is C20H20N4O3. The Bertz CT molecular complexity index is 1040. The van der Waals surface area contributed by atoms with Gasteiger partial charge in [-0.05, 0) is 38.1 Å². The van der Waals surface area contributed by atoms with Crippen LogP contribution in [0.2, 0.25) is 0 Å². The molecule has 0 saturated carbocycles. The number of benzene rings is 2. The predicted molar refractivity (Wildman–Crippen MR) is 98.4 cm³/mol. The molecular weight excluding hydrogens is 344 g/mol. The van der Waals surface area contributed by atoms with Gasteiger partial charge in [-0.15, -0.1) is 0 Å². The molecule has 1 atom stereocenters. The van der Waals surface area contributed by atoms with E-state index in [4.69, 9.17) is 4.74 Å². The molecule has 0 spiro atoms. The van der Waals surface area contributed by atoms with Crippen LogP contribution in [-0.4, -0.2) is 28.5 Å². The molecule has 4 rings (SSSR count). The zero-order valence-corrected chi connectivity index (χ0v) is 15.2. The average molecular weight is 364 g/mol. The number of nitrogens with zero attached hydrogens (tertiary/aromatic N) is 3. The number of H-pyrrole nitrogens is 1. The average Bonchev–Trinajstić information content (AvgIpc) is 3.40. The molecule has 0 bridgehead atoms. The van der Waals surface area contributed by atoms with Crippen LogP contribution in [0.5, 0.6) is 0 Å². The minimum absolute atomic E-state index is 0.00504. The maximum absolute atomic E-state index is 13.0. The second kappa shape index (κ2) is 6.85. The summed E-state index contributed by atoms with van der Waals surface area (Å²) in [5.74, 6) is -0.577. The number of aryl methyl sites for hydroxylation is 2. The van der Waals surface area contributed by atoms with Crippen molar-refractivity contribution < 1.29 is 14.5 Å². The second-order valence-electron chi connectivity index (χ2n) is 6.74. The molecule has 1 aliphatic heterocycles. The van der Waals surface area contributed by atoms with Crippen LogP contribution in [0.25, 0.3) is 5.69 Å². The molecule has 1 aromatic heterocycles. The normalized spacial score (nSPS) is 16.5. The number of hydrogen-bond donors (Lipinski definition) is 1. The van der Waals surface area contributed by atoms with E-state index >= 15 is 0 Å². The van der Waals surface area contributed by atoms with Gasteiger partial charge in [0.2, 0.25) is 5.69 Å². The summed E-state index contributed by atoms with van der Waals surface area (Å²) in [6, 6.07) is 14.7. The number of aromatic amines is 1. The summed E-state index contributed by atoms with van der Waals surface area (Å²) in [7, 11) is 0. The monoisotopic (exact) mass is 364 g/mol. The van der Waals surface area contributed by atoms with Crippen LogP contribution in [-0.2, 0) is 11.3 Å². The van der Waals surface area contributed by atoms with Crippen molar-refractivity contribution in [2.75, 3.05) is 6.61 Å². The van der Waals surface area contributed by atoms with Gasteiger partial charge in [0.15, 0.2) is 5.69 Å². The minimum atomic E-state index is -0.577. The van der Waals surface area contributed by atoms with E-state index in [1.54, 1.807) is 12.1 Å². The van der Waals surface area contributed by atoms with Crippen molar-refractivity contribution in [2.24, 2.45) is 4.99 Å². The third-order valence-electron chi connectivity index (χ3n) is 4.44.